The molecule has 1 aliphatic rings. The number of anilines is 1. The first kappa shape index (κ1) is 17.1. The summed E-state index contributed by atoms with van der Waals surface area (Å²) < 4.78 is 27.9. The number of hydrogen-bond donors (Lipinski definition) is 3. The summed E-state index contributed by atoms with van der Waals surface area (Å²) in [6, 6.07) is 1.37. The van der Waals surface area contributed by atoms with E-state index in [2.05, 4.69) is 4.98 Å². The first-order chi connectivity index (χ1) is 10.2. The number of methoxy groups -OCH3 is 1. The van der Waals surface area contributed by atoms with E-state index >= 15 is 0 Å². The van der Waals surface area contributed by atoms with Crippen molar-refractivity contribution in [3.8, 4) is 0 Å². The van der Waals surface area contributed by atoms with Gasteiger partial charge in [0.2, 0.25) is 0 Å². The predicted octanol–water partition coefficient (Wildman–Crippen LogP) is -1.07. The number of aliphatic hydroxyl groups excluding tert-OH is 1. The van der Waals surface area contributed by atoms with Gasteiger partial charge in [0.25, 0.3) is 0 Å². The highest BCUT2D eigenvalue weighted by Gasteiger charge is 2.47. The van der Waals surface area contributed by atoms with Crippen LogP contribution in [0.2, 0.25) is 0 Å². The molecule has 11 heteroatoms. The average molecular weight is 335 g/mol. The average Bonchev–Trinajstić information content (AvgIpc) is 2.67. The number of aromatic nitrogens is 2. The number of nitrogen functional groups attached to an aromatic ring is 1. The maximum Gasteiger partial charge on any atom is 0.351 e. The molecule has 124 valence electrons. The molecule has 1 aromatic rings. The molecule has 0 radical (unpaired) electrons. The van der Waals surface area contributed by atoms with E-state index in [1.807, 2.05) is 0 Å². The Labute approximate surface area is 126 Å². The summed E-state index contributed by atoms with van der Waals surface area (Å²) in [5.41, 5.74) is 4.69. The lowest BCUT2D eigenvalue weighted by Crippen LogP contribution is -2.37. The van der Waals surface area contributed by atoms with Crippen LogP contribution in [0.15, 0.2) is 17.1 Å². The molecule has 4 N–H and O–H groups in total. The van der Waals surface area contributed by atoms with Crippen LogP contribution in [0, 0.1) is 0 Å². The van der Waals surface area contributed by atoms with Gasteiger partial charge in [0.05, 0.1) is 6.61 Å². The number of nitrogens with zero attached hydrogens (tertiary/aromatic N) is 2. The van der Waals surface area contributed by atoms with Gasteiger partial charge in [-0.2, -0.15) is 4.98 Å². The topological polar surface area (TPSA) is 146 Å². The van der Waals surface area contributed by atoms with Gasteiger partial charge in [-0.15, -0.1) is 0 Å². The Morgan fingerprint density at radius 2 is 2.27 bits per heavy atom. The van der Waals surface area contributed by atoms with E-state index in [0.29, 0.717) is 0 Å². The number of rotatable bonds is 5. The molecule has 5 atom stereocenters. The first-order valence-corrected chi connectivity index (χ1v) is 8.41. The third-order valence-corrected chi connectivity index (χ3v) is 3.72. The third-order valence-electron chi connectivity index (χ3n) is 3.08. The normalized spacial score (nSPS) is 31.1. The largest absolute Gasteiger partial charge is 0.386 e. The van der Waals surface area contributed by atoms with Crippen LogP contribution in [-0.4, -0.2) is 58.2 Å². The first-order valence-electron chi connectivity index (χ1n) is 6.38. The fraction of sp³-hybridized carbons (Fsp3) is 0.636. The maximum atomic E-state index is 11.8. The van der Waals surface area contributed by atoms with Crippen LogP contribution in [0.4, 0.5) is 5.82 Å². The highest BCUT2D eigenvalue weighted by atomic mass is 31.2. The standard InChI is InChI=1S/C11H18N3O7P/c1-19-5-6-9(21-22(2,17)18)8(15)10(20-6)14-4-3-7(12)13-11(14)16/h3-4,6,8-10,15H,5H2,1-2H3,(H,17,18)(H2,12,13,16)/t6-,8?,9?,10-/m1/s1. The molecule has 1 saturated heterocycles. The molecular weight excluding hydrogens is 317 g/mol. The molecule has 0 saturated carbocycles. The zero-order chi connectivity index (χ0) is 16.5. The molecule has 2 unspecified atom stereocenters. The summed E-state index contributed by atoms with van der Waals surface area (Å²) in [6.45, 7) is 1.00. The highest BCUT2D eigenvalue weighted by molar-refractivity contribution is 7.51. The summed E-state index contributed by atoms with van der Waals surface area (Å²) in [7, 11) is -2.47. The van der Waals surface area contributed by atoms with Crippen molar-refractivity contribution in [2.75, 3.05) is 26.1 Å². The van der Waals surface area contributed by atoms with Crippen molar-refractivity contribution in [2.24, 2.45) is 0 Å². The molecule has 1 fully saturated rings. The lowest BCUT2D eigenvalue weighted by Gasteiger charge is -2.21. The van der Waals surface area contributed by atoms with E-state index in [4.69, 9.17) is 19.7 Å². The predicted molar refractivity (Wildman–Crippen MR) is 75.3 cm³/mol. The van der Waals surface area contributed by atoms with E-state index < -0.39 is 37.8 Å². The maximum absolute atomic E-state index is 11.8. The molecular formula is C11H18N3O7P. The molecule has 0 aromatic carbocycles. The number of nitrogens with two attached hydrogens (primary N) is 1. The van der Waals surface area contributed by atoms with Crippen LogP contribution in [-0.2, 0) is 18.6 Å². The molecule has 10 nitrogen and oxygen atoms in total. The van der Waals surface area contributed by atoms with Gasteiger partial charge in [0, 0.05) is 20.0 Å². The van der Waals surface area contributed by atoms with Gasteiger partial charge < -0.3 is 25.2 Å². The monoisotopic (exact) mass is 335 g/mol. The highest BCUT2D eigenvalue weighted by Crippen LogP contribution is 2.44. The fourth-order valence-corrected chi connectivity index (χ4v) is 2.94. The van der Waals surface area contributed by atoms with Crippen LogP contribution in [0.25, 0.3) is 0 Å². The minimum absolute atomic E-state index is 0.00930. The Kier molecular flexibility index (Phi) is 5.00. The molecule has 0 spiro atoms. The minimum Gasteiger partial charge on any atom is -0.386 e. The zero-order valence-corrected chi connectivity index (χ0v) is 12.9. The van der Waals surface area contributed by atoms with Crippen LogP contribution >= 0.6 is 7.60 Å². The van der Waals surface area contributed by atoms with Crippen molar-refractivity contribution < 1.29 is 28.6 Å². The molecule has 0 bridgehead atoms. The van der Waals surface area contributed by atoms with Crippen molar-refractivity contribution in [3.05, 3.63) is 22.7 Å². The fourth-order valence-electron chi connectivity index (χ4n) is 2.22. The van der Waals surface area contributed by atoms with Crippen LogP contribution in [0.5, 0.6) is 0 Å². The second-order valence-electron chi connectivity index (χ2n) is 4.93. The zero-order valence-electron chi connectivity index (χ0n) is 12.0. The molecule has 1 aliphatic heterocycles. The van der Waals surface area contributed by atoms with E-state index in [1.165, 1.54) is 19.4 Å². The Morgan fingerprint density at radius 1 is 1.59 bits per heavy atom. The Balaban J connectivity index is 2.30. The summed E-state index contributed by atoms with van der Waals surface area (Å²) in [5.74, 6) is 0.0309. The van der Waals surface area contributed by atoms with Gasteiger partial charge in [0.15, 0.2) is 6.23 Å². The van der Waals surface area contributed by atoms with Crippen molar-refractivity contribution in [2.45, 2.75) is 24.5 Å². The number of ether oxygens (including phenoxy) is 2. The second-order valence-corrected chi connectivity index (χ2v) is 6.74. The van der Waals surface area contributed by atoms with E-state index in [0.717, 1.165) is 11.2 Å². The quantitative estimate of drug-likeness (QED) is 0.572. The van der Waals surface area contributed by atoms with Crippen molar-refractivity contribution in [3.63, 3.8) is 0 Å². The van der Waals surface area contributed by atoms with E-state index in [9.17, 15) is 19.4 Å². The number of aliphatic hydroxyl groups is 1. The Hall–Kier alpha value is -1.29. The van der Waals surface area contributed by atoms with E-state index in [-0.39, 0.29) is 12.4 Å². The minimum atomic E-state index is -3.87. The third kappa shape index (κ3) is 3.72. The summed E-state index contributed by atoms with van der Waals surface area (Å²) in [4.78, 5) is 24.7. The Morgan fingerprint density at radius 3 is 2.82 bits per heavy atom. The van der Waals surface area contributed by atoms with Crippen molar-refractivity contribution >= 4 is 13.4 Å². The van der Waals surface area contributed by atoms with Gasteiger partial charge >= 0.3 is 13.3 Å². The second kappa shape index (κ2) is 6.45. The van der Waals surface area contributed by atoms with Crippen molar-refractivity contribution in [1.29, 1.82) is 0 Å². The van der Waals surface area contributed by atoms with Gasteiger partial charge in [-0.1, -0.05) is 0 Å². The van der Waals surface area contributed by atoms with Crippen LogP contribution in [0.3, 0.4) is 0 Å². The smallest absolute Gasteiger partial charge is 0.351 e. The van der Waals surface area contributed by atoms with E-state index in [1.54, 1.807) is 0 Å². The van der Waals surface area contributed by atoms with Gasteiger partial charge in [0.1, 0.15) is 24.1 Å². The van der Waals surface area contributed by atoms with Gasteiger partial charge in [-0.25, -0.2) is 4.79 Å². The van der Waals surface area contributed by atoms with Gasteiger partial charge in [-0.05, 0) is 6.07 Å². The molecule has 0 aliphatic carbocycles. The lowest BCUT2D eigenvalue weighted by atomic mass is 10.1. The molecule has 2 heterocycles. The molecule has 0 amide bonds. The van der Waals surface area contributed by atoms with Crippen LogP contribution in [0.1, 0.15) is 6.23 Å². The molecule has 22 heavy (non-hydrogen) atoms. The van der Waals surface area contributed by atoms with Crippen molar-refractivity contribution in [1.82, 2.24) is 9.55 Å². The SMILES string of the molecule is COC[C@H]1O[C@@H](n2ccc(N)nc2=O)C(O)C1O[P@@](C)(=O)O. The lowest BCUT2D eigenvalue weighted by molar-refractivity contribution is -0.0606. The number of hydrogen-bond acceptors (Lipinski definition) is 8. The summed E-state index contributed by atoms with van der Waals surface area (Å²) in [6.07, 6.45) is -3.12. The van der Waals surface area contributed by atoms with Gasteiger partial charge in [-0.3, -0.25) is 13.7 Å². The Bertz CT molecular complexity index is 630. The molecule has 1 aromatic heterocycles. The molecule has 2 rings (SSSR count). The summed E-state index contributed by atoms with van der Waals surface area (Å²) in [5, 5.41) is 10.3. The van der Waals surface area contributed by atoms with Crippen LogP contribution < -0.4 is 11.4 Å². The summed E-state index contributed by atoms with van der Waals surface area (Å²) >= 11 is 0.